The van der Waals surface area contributed by atoms with Crippen LogP contribution in [-0.2, 0) is 16.6 Å². The van der Waals surface area contributed by atoms with Crippen LogP contribution in [0.1, 0.15) is 25.8 Å². The molecule has 0 aliphatic heterocycles. The first-order valence-corrected chi connectivity index (χ1v) is 8.19. The van der Waals surface area contributed by atoms with Gasteiger partial charge < -0.3 is 5.11 Å². The lowest BCUT2D eigenvalue weighted by Gasteiger charge is -2.21. The summed E-state index contributed by atoms with van der Waals surface area (Å²) in [5.74, 6) is 0.486. The van der Waals surface area contributed by atoms with Gasteiger partial charge >= 0.3 is 0 Å². The van der Waals surface area contributed by atoms with Crippen molar-refractivity contribution in [2.75, 3.05) is 18.9 Å². The standard InChI is InChI=1S/C14H23NO3S/c1-13(2)8-11-19(17,18)15(9-10-16)12-14-6-4-3-5-7-14/h3-7,13,16H,8-12H2,1-2H3. The normalized spacial score (nSPS) is 12.3. The van der Waals surface area contributed by atoms with E-state index in [1.165, 1.54) is 4.31 Å². The van der Waals surface area contributed by atoms with Gasteiger partial charge in [0.15, 0.2) is 0 Å². The second-order valence-corrected chi connectivity index (χ2v) is 7.13. The number of aliphatic hydroxyl groups is 1. The number of hydrogen-bond donors (Lipinski definition) is 1. The maximum Gasteiger partial charge on any atom is 0.214 e. The molecule has 0 radical (unpaired) electrons. The van der Waals surface area contributed by atoms with Crippen molar-refractivity contribution in [3.63, 3.8) is 0 Å². The molecule has 0 spiro atoms. The largest absolute Gasteiger partial charge is 0.395 e. The first kappa shape index (κ1) is 16.1. The van der Waals surface area contributed by atoms with Gasteiger partial charge in [-0.15, -0.1) is 0 Å². The Labute approximate surface area is 116 Å². The van der Waals surface area contributed by atoms with Crippen molar-refractivity contribution in [3.8, 4) is 0 Å². The smallest absolute Gasteiger partial charge is 0.214 e. The highest BCUT2D eigenvalue weighted by Crippen LogP contribution is 2.12. The Bertz CT molecular complexity index is 457. The van der Waals surface area contributed by atoms with Crippen LogP contribution in [0.4, 0.5) is 0 Å². The van der Waals surface area contributed by atoms with Crippen molar-refractivity contribution >= 4 is 10.0 Å². The average Bonchev–Trinajstić information content (AvgIpc) is 2.37. The van der Waals surface area contributed by atoms with E-state index in [0.29, 0.717) is 18.9 Å². The van der Waals surface area contributed by atoms with E-state index >= 15 is 0 Å². The zero-order chi connectivity index (χ0) is 14.3. The van der Waals surface area contributed by atoms with Crippen LogP contribution in [0, 0.1) is 5.92 Å². The van der Waals surface area contributed by atoms with Crippen LogP contribution in [0.15, 0.2) is 30.3 Å². The van der Waals surface area contributed by atoms with Crippen LogP contribution in [0.5, 0.6) is 0 Å². The van der Waals surface area contributed by atoms with Gasteiger partial charge in [0, 0.05) is 13.1 Å². The van der Waals surface area contributed by atoms with Crippen LogP contribution < -0.4 is 0 Å². The summed E-state index contributed by atoms with van der Waals surface area (Å²) >= 11 is 0. The molecule has 4 nitrogen and oxygen atoms in total. The number of hydrogen-bond acceptors (Lipinski definition) is 3. The quantitative estimate of drug-likeness (QED) is 0.793. The minimum Gasteiger partial charge on any atom is -0.395 e. The van der Waals surface area contributed by atoms with Crippen molar-refractivity contribution in [3.05, 3.63) is 35.9 Å². The molecule has 0 aromatic heterocycles. The molecule has 0 amide bonds. The Morgan fingerprint density at radius 1 is 1.21 bits per heavy atom. The minimum atomic E-state index is -3.30. The third-order valence-corrected chi connectivity index (χ3v) is 4.75. The van der Waals surface area contributed by atoms with Gasteiger partial charge in [-0.05, 0) is 17.9 Å². The number of nitrogens with zero attached hydrogens (tertiary/aromatic N) is 1. The molecule has 0 atom stereocenters. The van der Waals surface area contributed by atoms with Crippen molar-refractivity contribution in [1.82, 2.24) is 4.31 Å². The predicted octanol–water partition coefficient (Wildman–Crippen LogP) is 1.86. The molecule has 108 valence electrons. The SMILES string of the molecule is CC(C)CCS(=O)(=O)N(CCO)Cc1ccccc1. The fourth-order valence-corrected chi connectivity index (χ4v) is 3.46. The first-order chi connectivity index (χ1) is 8.95. The molecule has 19 heavy (non-hydrogen) atoms. The summed E-state index contributed by atoms with van der Waals surface area (Å²) in [7, 11) is -3.30. The summed E-state index contributed by atoms with van der Waals surface area (Å²) in [5, 5.41) is 9.05. The van der Waals surface area contributed by atoms with Crippen molar-refractivity contribution < 1.29 is 13.5 Å². The Morgan fingerprint density at radius 3 is 2.37 bits per heavy atom. The molecule has 1 aromatic rings. The molecule has 0 bridgehead atoms. The van der Waals surface area contributed by atoms with E-state index in [2.05, 4.69) is 0 Å². The molecule has 0 heterocycles. The molecule has 1 N–H and O–H groups in total. The predicted molar refractivity (Wildman–Crippen MR) is 77.2 cm³/mol. The summed E-state index contributed by atoms with van der Waals surface area (Å²) < 4.78 is 25.9. The zero-order valence-corrected chi connectivity index (χ0v) is 12.4. The Balaban J connectivity index is 2.76. The molecule has 0 aliphatic carbocycles. The summed E-state index contributed by atoms with van der Waals surface area (Å²) in [4.78, 5) is 0. The fraction of sp³-hybridized carbons (Fsp3) is 0.571. The Kier molecular flexibility index (Phi) is 6.48. The summed E-state index contributed by atoms with van der Waals surface area (Å²) in [6.45, 7) is 4.32. The minimum absolute atomic E-state index is 0.136. The highest BCUT2D eigenvalue weighted by molar-refractivity contribution is 7.89. The zero-order valence-electron chi connectivity index (χ0n) is 11.6. The van der Waals surface area contributed by atoms with Crippen molar-refractivity contribution in [2.45, 2.75) is 26.8 Å². The molecule has 0 saturated heterocycles. The summed E-state index contributed by atoms with van der Waals surface area (Å²) in [5.41, 5.74) is 0.934. The van der Waals surface area contributed by atoms with Gasteiger partial charge in [0.25, 0.3) is 0 Å². The molecule has 0 saturated carbocycles. The van der Waals surface area contributed by atoms with E-state index in [0.717, 1.165) is 5.56 Å². The molecule has 5 heteroatoms. The third-order valence-electron chi connectivity index (χ3n) is 2.90. The van der Waals surface area contributed by atoms with E-state index in [-0.39, 0.29) is 18.9 Å². The highest BCUT2D eigenvalue weighted by Gasteiger charge is 2.21. The summed E-state index contributed by atoms with van der Waals surface area (Å²) in [6.07, 6.45) is 0.638. The monoisotopic (exact) mass is 285 g/mol. The van der Waals surface area contributed by atoms with Crippen LogP contribution in [-0.4, -0.2) is 36.7 Å². The molecule has 0 unspecified atom stereocenters. The van der Waals surface area contributed by atoms with E-state index in [9.17, 15) is 8.42 Å². The van der Waals surface area contributed by atoms with Crippen LogP contribution in [0.2, 0.25) is 0 Å². The Morgan fingerprint density at radius 2 is 1.84 bits per heavy atom. The van der Waals surface area contributed by atoms with Crippen LogP contribution >= 0.6 is 0 Å². The average molecular weight is 285 g/mol. The highest BCUT2D eigenvalue weighted by atomic mass is 32.2. The molecule has 1 aromatic carbocycles. The topological polar surface area (TPSA) is 57.6 Å². The van der Waals surface area contributed by atoms with Crippen molar-refractivity contribution in [1.29, 1.82) is 0 Å². The molecular formula is C14H23NO3S. The van der Waals surface area contributed by atoms with Gasteiger partial charge in [-0.25, -0.2) is 8.42 Å². The molecule has 1 rings (SSSR count). The lowest BCUT2D eigenvalue weighted by molar-refractivity contribution is 0.251. The second-order valence-electron chi connectivity index (χ2n) is 5.04. The van der Waals surface area contributed by atoms with Gasteiger partial charge in [-0.3, -0.25) is 0 Å². The molecule has 0 fully saturated rings. The van der Waals surface area contributed by atoms with Crippen LogP contribution in [0.25, 0.3) is 0 Å². The van der Waals surface area contributed by atoms with Crippen LogP contribution in [0.3, 0.4) is 0 Å². The van der Waals surface area contributed by atoms with Crippen molar-refractivity contribution in [2.24, 2.45) is 5.92 Å². The van der Waals surface area contributed by atoms with E-state index in [4.69, 9.17) is 5.11 Å². The maximum atomic E-state index is 12.2. The van der Waals surface area contributed by atoms with Gasteiger partial charge in [-0.2, -0.15) is 4.31 Å². The number of sulfonamides is 1. The maximum absolute atomic E-state index is 12.2. The van der Waals surface area contributed by atoms with Gasteiger partial charge in [0.2, 0.25) is 10.0 Å². The number of rotatable bonds is 8. The van der Waals surface area contributed by atoms with E-state index in [1.54, 1.807) is 0 Å². The fourth-order valence-electron chi connectivity index (χ4n) is 1.73. The van der Waals surface area contributed by atoms with Gasteiger partial charge in [-0.1, -0.05) is 44.2 Å². The first-order valence-electron chi connectivity index (χ1n) is 6.58. The number of benzene rings is 1. The Hall–Kier alpha value is -0.910. The molecule has 0 aliphatic rings. The van der Waals surface area contributed by atoms with Gasteiger partial charge in [0.1, 0.15) is 0 Å². The third kappa shape index (κ3) is 5.72. The van der Waals surface area contributed by atoms with E-state index in [1.807, 2.05) is 44.2 Å². The number of aliphatic hydroxyl groups excluding tert-OH is 1. The lowest BCUT2D eigenvalue weighted by Crippen LogP contribution is -2.35. The van der Waals surface area contributed by atoms with Gasteiger partial charge in [0.05, 0.1) is 12.4 Å². The summed E-state index contributed by atoms with van der Waals surface area (Å²) in [6, 6.07) is 9.44. The molecular weight excluding hydrogens is 262 g/mol. The lowest BCUT2D eigenvalue weighted by atomic mass is 10.2. The van der Waals surface area contributed by atoms with E-state index < -0.39 is 10.0 Å². The second kappa shape index (κ2) is 7.62.